The maximum absolute atomic E-state index is 11.9. The van der Waals surface area contributed by atoms with E-state index in [4.69, 9.17) is 4.74 Å². The molecule has 0 radical (unpaired) electrons. The third-order valence-electron chi connectivity index (χ3n) is 2.97. The summed E-state index contributed by atoms with van der Waals surface area (Å²) in [6.45, 7) is 5.18. The van der Waals surface area contributed by atoms with Gasteiger partial charge in [-0.15, -0.1) is 0 Å². The fourth-order valence-corrected chi connectivity index (χ4v) is 1.82. The molecule has 1 aromatic rings. The van der Waals surface area contributed by atoms with E-state index in [9.17, 15) is 4.79 Å². The second-order valence-corrected chi connectivity index (χ2v) is 4.82. The second kappa shape index (κ2) is 10.4. The molecule has 0 aromatic heterocycles. The van der Waals surface area contributed by atoms with Gasteiger partial charge >= 0.3 is 0 Å². The third kappa shape index (κ3) is 6.68. The van der Waals surface area contributed by atoms with Crippen molar-refractivity contribution in [3.63, 3.8) is 0 Å². The van der Waals surface area contributed by atoms with Crippen LogP contribution in [0.2, 0.25) is 0 Å². The molecule has 0 saturated heterocycles. The summed E-state index contributed by atoms with van der Waals surface area (Å²) in [5, 5.41) is 6.02. The monoisotopic (exact) mass is 278 g/mol. The fraction of sp³-hybridized carbons (Fsp3) is 0.562. The van der Waals surface area contributed by atoms with Gasteiger partial charge in [0.2, 0.25) is 0 Å². The van der Waals surface area contributed by atoms with Crippen molar-refractivity contribution in [3.8, 4) is 0 Å². The van der Waals surface area contributed by atoms with Gasteiger partial charge in [0.15, 0.2) is 0 Å². The molecule has 4 heteroatoms. The van der Waals surface area contributed by atoms with Gasteiger partial charge in [-0.05, 0) is 50.6 Å². The molecule has 112 valence electrons. The van der Waals surface area contributed by atoms with Gasteiger partial charge in [0, 0.05) is 18.7 Å². The van der Waals surface area contributed by atoms with Crippen LogP contribution in [0, 0.1) is 0 Å². The molecule has 0 spiro atoms. The standard InChI is InChI=1S/C16H26N2O2/c1-3-12-20-13-14-6-8-15(9-7-14)16(19)18-11-5-4-10-17-2/h6-9,17H,3-5,10-13H2,1-2H3,(H,18,19). The van der Waals surface area contributed by atoms with Crippen molar-refractivity contribution in [2.45, 2.75) is 32.8 Å². The summed E-state index contributed by atoms with van der Waals surface area (Å²) in [5.41, 5.74) is 1.81. The van der Waals surface area contributed by atoms with E-state index in [1.54, 1.807) is 0 Å². The highest BCUT2D eigenvalue weighted by Crippen LogP contribution is 2.06. The minimum atomic E-state index is -0.00418. The highest BCUT2D eigenvalue weighted by Gasteiger charge is 2.04. The van der Waals surface area contributed by atoms with E-state index >= 15 is 0 Å². The molecule has 0 aliphatic rings. The van der Waals surface area contributed by atoms with Crippen molar-refractivity contribution >= 4 is 5.91 Å². The SMILES string of the molecule is CCCOCc1ccc(C(=O)NCCCCNC)cc1. The van der Waals surface area contributed by atoms with Crippen LogP contribution < -0.4 is 10.6 Å². The number of hydrogen-bond donors (Lipinski definition) is 2. The predicted octanol–water partition coefficient (Wildman–Crippen LogP) is 2.34. The molecule has 0 saturated carbocycles. The molecule has 1 amide bonds. The number of carbonyl (C=O) groups is 1. The van der Waals surface area contributed by atoms with E-state index in [1.165, 1.54) is 0 Å². The van der Waals surface area contributed by atoms with Crippen molar-refractivity contribution in [2.75, 3.05) is 26.7 Å². The van der Waals surface area contributed by atoms with Crippen LogP contribution in [0.3, 0.4) is 0 Å². The Kier molecular flexibility index (Phi) is 8.67. The first-order valence-corrected chi connectivity index (χ1v) is 7.37. The zero-order valence-electron chi connectivity index (χ0n) is 12.6. The smallest absolute Gasteiger partial charge is 0.251 e. The van der Waals surface area contributed by atoms with Crippen LogP contribution in [0.1, 0.15) is 42.1 Å². The van der Waals surface area contributed by atoms with Gasteiger partial charge in [-0.3, -0.25) is 4.79 Å². The first kappa shape index (κ1) is 16.7. The summed E-state index contributed by atoms with van der Waals surface area (Å²) in [6.07, 6.45) is 3.09. The van der Waals surface area contributed by atoms with E-state index in [0.29, 0.717) is 12.2 Å². The number of rotatable bonds is 10. The van der Waals surface area contributed by atoms with Crippen LogP contribution >= 0.6 is 0 Å². The number of carbonyl (C=O) groups excluding carboxylic acids is 1. The molecule has 0 bridgehead atoms. The zero-order valence-corrected chi connectivity index (χ0v) is 12.6. The molecule has 20 heavy (non-hydrogen) atoms. The minimum Gasteiger partial charge on any atom is -0.377 e. The Bertz CT molecular complexity index is 377. The minimum absolute atomic E-state index is 0.00418. The molecule has 0 atom stereocenters. The topological polar surface area (TPSA) is 50.4 Å². The quantitative estimate of drug-likeness (QED) is 0.646. The Labute approximate surface area is 121 Å². The molecule has 0 fully saturated rings. The van der Waals surface area contributed by atoms with Crippen LogP contribution in [0.15, 0.2) is 24.3 Å². The Morgan fingerprint density at radius 2 is 1.85 bits per heavy atom. The number of hydrogen-bond acceptors (Lipinski definition) is 3. The highest BCUT2D eigenvalue weighted by atomic mass is 16.5. The summed E-state index contributed by atoms with van der Waals surface area (Å²) >= 11 is 0. The van der Waals surface area contributed by atoms with E-state index in [2.05, 4.69) is 17.6 Å². The van der Waals surface area contributed by atoms with Crippen molar-refractivity contribution in [1.82, 2.24) is 10.6 Å². The highest BCUT2D eigenvalue weighted by molar-refractivity contribution is 5.94. The van der Waals surface area contributed by atoms with Crippen LogP contribution in [-0.2, 0) is 11.3 Å². The van der Waals surface area contributed by atoms with E-state index in [0.717, 1.165) is 44.5 Å². The van der Waals surface area contributed by atoms with Crippen LogP contribution in [0.4, 0.5) is 0 Å². The van der Waals surface area contributed by atoms with Crippen LogP contribution in [0.25, 0.3) is 0 Å². The molecule has 0 aliphatic heterocycles. The number of amides is 1. The van der Waals surface area contributed by atoms with Gasteiger partial charge < -0.3 is 15.4 Å². The molecule has 4 nitrogen and oxygen atoms in total. The Morgan fingerprint density at radius 3 is 2.50 bits per heavy atom. The molecule has 0 unspecified atom stereocenters. The van der Waals surface area contributed by atoms with E-state index in [1.807, 2.05) is 31.3 Å². The molecular formula is C16H26N2O2. The van der Waals surface area contributed by atoms with E-state index in [-0.39, 0.29) is 5.91 Å². The predicted molar refractivity (Wildman–Crippen MR) is 81.9 cm³/mol. The fourth-order valence-electron chi connectivity index (χ4n) is 1.82. The van der Waals surface area contributed by atoms with Crippen LogP contribution in [0.5, 0.6) is 0 Å². The van der Waals surface area contributed by atoms with Gasteiger partial charge in [-0.2, -0.15) is 0 Å². The molecule has 1 rings (SSSR count). The lowest BCUT2D eigenvalue weighted by Crippen LogP contribution is -2.25. The van der Waals surface area contributed by atoms with Crippen LogP contribution in [-0.4, -0.2) is 32.7 Å². The molecule has 0 heterocycles. The normalized spacial score (nSPS) is 10.5. The number of ether oxygens (including phenoxy) is 1. The van der Waals surface area contributed by atoms with Gasteiger partial charge in [0.1, 0.15) is 0 Å². The molecular weight excluding hydrogens is 252 g/mol. The first-order valence-electron chi connectivity index (χ1n) is 7.37. The Balaban J connectivity index is 2.30. The van der Waals surface area contributed by atoms with Gasteiger partial charge in [0.05, 0.1) is 6.61 Å². The average Bonchev–Trinajstić information content (AvgIpc) is 2.48. The van der Waals surface area contributed by atoms with Crippen molar-refractivity contribution < 1.29 is 9.53 Å². The average molecular weight is 278 g/mol. The van der Waals surface area contributed by atoms with Crippen molar-refractivity contribution in [2.24, 2.45) is 0 Å². The van der Waals surface area contributed by atoms with Crippen molar-refractivity contribution in [1.29, 1.82) is 0 Å². The van der Waals surface area contributed by atoms with E-state index < -0.39 is 0 Å². The Hall–Kier alpha value is -1.39. The summed E-state index contributed by atoms with van der Waals surface area (Å²) < 4.78 is 5.47. The summed E-state index contributed by atoms with van der Waals surface area (Å²) in [7, 11) is 1.93. The number of nitrogens with one attached hydrogen (secondary N) is 2. The maximum atomic E-state index is 11.9. The lowest BCUT2D eigenvalue weighted by Gasteiger charge is -2.07. The molecule has 0 aliphatic carbocycles. The summed E-state index contributed by atoms with van der Waals surface area (Å²) in [4.78, 5) is 11.9. The molecule has 2 N–H and O–H groups in total. The molecule has 1 aromatic carbocycles. The maximum Gasteiger partial charge on any atom is 0.251 e. The van der Waals surface area contributed by atoms with Gasteiger partial charge in [0.25, 0.3) is 5.91 Å². The number of benzene rings is 1. The van der Waals surface area contributed by atoms with Gasteiger partial charge in [-0.1, -0.05) is 19.1 Å². The van der Waals surface area contributed by atoms with Gasteiger partial charge in [-0.25, -0.2) is 0 Å². The van der Waals surface area contributed by atoms with Crippen molar-refractivity contribution in [3.05, 3.63) is 35.4 Å². The lowest BCUT2D eigenvalue weighted by molar-refractivity contribution is 0.0952. The summed E-state index contributed by atoms with van der Waals surface area (Å²) in [5.74, 6) is -0.00418. The Morgan fingerprint density at radius 1 is 1.15 bits per heavy atom. The zero-order chi connectivity index (χ0) is 14.6. The third-order valence-corrected chi connectivity index (χ3v) is 2.97. The second-order valence-electron chi connectivity index (χ2n) is 4.82. The lowest BCUT2D eigenvalue weighted by atomic mass is 10.1. The summed E-state index contributed by atoms with van der Waals surface area (Å²) in [6, 6.07) is 7.61. The largest absolute Gasteiger partial charge is 0.377 e. The number of unbranched alkanes of at least 4 members (excludes halogenated alkanes) is 1. The first-order chi connectivity index (χ1) is 9.77.